The van der Waals surface area contributed by atoms with Crippen molar-refractivity contribution in [2.45, 2.75) is 44.2 Å². The number of nitrogens with zero attached hydrogens (tertiary/aromatic N) is 5. The fraction of sp³-hybridized carbons (Fsp3) is 0.824. The van der Waals surface area contributed by atoms with E-state index in [9.17, 15) is 9.90 Å². The molecule has 0 spiro atoms. The second kappa shape index (κ2) is 8.25. The van der Waals surface area contributed by atoms with E-state index in [1.807, 2.05) is 7.05 Å². The molecule has 2 aliphatic heterocycles. The number of likely N-dealkylation sites (N-methyl/N-ethyl adjacent to an activating group) is 1. The molecule has 2 N–H and O–H groups in total. The predicted molar refractivity (Wildman–Crippen MR) is 94.0 cm³/mol. The third-order valence-electron chi connectivity index (χ3n) is 5.44. The Bertz CT molecular complexity index is 582. The van der Waals surface area contributed by atoms with Crippen LogP contribution in [0.4, 0.5) is 0 Å². The number of carbonyl (C=O) groups is 1. The standard InChI is InChI=1S/C17H30N6O2/c1-18-16(25)12-23-7-3-4-13(10-23)17-20-19-15(21(17)2)11-22-8-5-14(24)6-9-22/h13-14,24H,3-12H2,1-2H3,(H,18,25). The normalized spacial score (nSPS) is 23.7. The van der Waals surface area contributed by atoms with Crippen LogP contribution < -0.4 is 5.32 Å². The number of hydrogen-bond acceptors (Lipinski definition) is 6. The van der Waals surface area contributed by atoms with Crippen molar-refractivity contribution in [2.24, 2.45) is 7.05 Å². The van der Waals surface area contributed by atoms with Gasteiger partial charge in [-0.15, -0.1) is 10.2 Å². The molecular formula is C17H30N6O2. The second-order valence-electron chi connectivity index (χ2n) is 7.29. The van der Waals surface area contributed by atoms with Crippen molar-refractivity contribution in [3.05, 3.63) is 11.6 Å². The highest BCUT2D eigenvalue weighted by Gasteiger charge is 2.27. The van der Waals surface area contributed by atoms with E-state index in [4.69, 9.17) is 0 Å². The first-order valence-corrected chi connectivity index (χ1v) is 9.28. The molecule has 0 radical (unpaired) electrons. The minimum atomic E-state index is -0.153. The highest BCUT2D eigenvalue weighted by molar-refractivity contribution is 5.77. The van der Waals surface area contributed by atoms with Crippen molar-refractivity contribution in [3.8, 4) is 0 Å². The van der Waals surface area contributed by atoms with E-state index in [1.54, 1.807) is 7.05 Å². The molecular weight excluding hydrogens is 320 g/mol. The predicted octanol–water partition coefficient (Wildman–Crippen LogP) is -0.303. The van der Waals surface area contributed by atoms with Crippen molar-refractivity contribution >= 4 is 5.91 Å². The Kier molecular flexibility index (Phi) is 6.03. The van der Waals surface area contributed by atoms with Gasteiger partial charge in [0.25, 0.3) is 0 Å². The summed E-state index contributed by atoms with van der Waals surface area (Å²) in [6, 6.07) is 0. The number of rotatable bonds is 5. The number of aromatic nitrogens is 3. The largest absolute Gasteiger partial charge is 0.393 e. The number of aliphatic hydroxyl groups is 1. The van der Waals surface area contributed by atoms with Crippen LogP contribution in [0.15, 0.2) is 0 Å². The van der Waals surface area contributed by atoms with Gasteiger partial charge in [0.15, 0.2) is 0 Å². The average Bonchev–Trinajstić information content (AvgIpc) is 2.98. The van der Waals surface area contributed by atoms with Crippen molar-refractivity contribution in [2.75, 3.05) is 39.8 Å². The first-order valence-electron chi connectivity index (χ1n) is 9.28. The quantitative estimate of drug-likeness (QED) is 0.758. The zero-order chi connectivity index (χ0) is 17.8. The molecule has 25 heavy (non-hydrogen) atoms. The first-order chi connectivity index (χ1) is 12.1. The maximum Gasteiger partial charge on any atom is 0.233 e. The Morgan fingerprint density at radius 2 is 1.96 bits per heavy atom. The third-order valence-corrected chi connectivity index (χ3v) is 5.44. The molecule has 1 aromatic heterocycles. The Labute approximate surface area is 149 Å². The van der Waals surface area contributed by atoms with Gasteiger partial charge in [0.1, 0.15) is 11.6 Å². The molecule has 0 bridgehead atoms. The van der Waals surface area contributed by atoms with E-state index in [1.165, 1.54) is 0 Å². The summed E-state index contributed by atoms with van der Waals surface area (Å²) in [5, 5.41) is 21.2. The van der Waals surface area contributed by atoms with Gasteiger partial charge in [-0.1, -0.05) is 0 Å². The van der Waals surface area contributed by atoms with Crippen molar-refractivity contribution in [1.82, 2.24) is 29.9 Å². The van der Waals surface area contributed by atoms with E-state index < -0.39 is 0 Å². The molecule has 0 aromatic carbocycles. The molecule has 8 nitrogen and oxygen atoms in total. The van der Waals surface area contributed by atoms with Gasteiger partial charge in [-0.2, -0.15) is 0 Å². The van der Waals surface area contributed by atoms with E-state index in [-0.39, 0.29) is 12.0 Å². The minimum Gasteiger partial charge on any atom is -0.393 e. The number of likely N-dealkylation sites (tertiary alicyclic amines) is 2. The van der Waals surface area contributed by atoms with Gasteiger partial charge < -0.3 is 15.0 Å². The zero-order valence-corrected chi connectivity index (χ0v) is 15.3. The van der Waals surface area contributed by atoms with E-state index in [0.29, 0.717) is 12.5 Å². The molecule has 2 aliphatic rings. The van der Waals surface area contributed by atoms with Crippen LogP contribution in [0.2, 0.25) is 0 Å². The van der Waals surface area contributed by atoms with Gasteiger partial charge in [-0.25, -0.2) is 0 Å². The van der Waals surface area contributed by atoms with Crippen LogP contribution >= 0.6 is 0 Å². The maximum atomic E-state index is 11.6. The van der Waals surface area contributed by atoms with Crippen molar-refractivity contribution in [1.29, 1.82) is 0 Å². The van der Waals surface area contributed by atoms with Gasteiger partial charge in [-0.3, -0.25) is 14.6 Å². The molecule has 2 fully saturated rings. The highest BCUT2D eigenvalue weighted by atomic mass is 16.3. The van der Waals surface area contributed by atoms with E-state index >= 15 is 0 Å². The number of nitrogens with one attached hydrogen (secondary N) is 1. The van der Waals surface area contributed by atoms with E-state index in [0.717, 1.165) is 70.1 Å². The number of carbonyl (C=O) groups excluding carboxylic acids is 1. The van der Waals surface area contributed by atoms with Crippen LogP contribution in [0.5, 0.6) is 0 Å². The van der Waals surface area contributed by atoms with Crippen LogP contribution in [-0.2, 0) is 18.4 Å². The highest BCUT2D eigenvalue weighted by Crippen LogP contribution is 2.26. The van der Waals surface area contributed by atoms with Gasteiger partial charge in [0.05, 0.1) is 19.2 Å². The van der Waals surface area contributed by atoms with Crippen LogP contribution in [0, 0.1) is 0 Å². The molecule has 2 saturated heterocycles. The molecule has 140 valence electrons. The number of aliphatic hydroxyl groups excluding tert-OH is 1. The summed E-state index contributed by atoms with van der Waals surface area (Å²) in [7, 11) is 3.72. The smallest absolute Gasteiger partial charge is 0.233 e. The van der Waals surface area contributed by atoms with Gasteiger partial charge in [0.2, 0.25) is 5.91 Å². The summed E-state index contributed by atoms with van der Waals surface area (Å²) < 4.78 is 2.12. The summed E-state index contributed by atoms with van der Waals surface area (Å²) in [6.07, 6.45) is 3.68. The SMILES string of the molecule is CNC(=O)CN1CCCC(c2nnc(CN3CCC(O)CC3)n2C)C1. The lowest BCUT2D eigenvalue weighted by Crippen LogP contribution is -2.41. The molecule has 1 amide bonds. The lowest BCUT2D eigenvalue weighted by atomic mass is 9.97. The summed E-state index contributed by atoms with van der Waals surface area (Å²) in [5.74, 6) is 2.39. The Hall–Kier alpha value is -1.51. The summed E-state index contributed by atoms with van der Waals surface area (Å²) in [6.45, 7) is 4.87. The van der Waals surface area contributed by atoms with Crippen molar-refractivity contribution in [3.63, 3.8) is 0 Å². The monoisotopic (exact) mass is 350 g/mol. The Morgan fingerprint density at radius 1 is 1.20 bits per heavy atom. The minimum absolute atomic E-state index is 0.0617. The molecule has 1 unspecified atom stereocenters. The van der Waals surface area contributed by atoms with Crippen molar-refractivity contribution < 1.29 is 9.90 Å². The molecule has 1 aromatic rings. The maximum absolute atomic E-state index is 11.6. The molecule has 1 atom stereocenters. The van der Waals surface area contributed by atoms with Crippen LogP contribution in [0.1, 0.15) is 43.3 Å². The second-order valence-corrected chi connectivity index (χ2v) is 7.29. The third kappa shape index (κ3) is 4.56. The Balaban J connectivity index is 1.61. The average molecular weight is 350 g/mol. The fourth-order valence-electron chi connectivity index (χ4n) is 3.84. The molecule has 8 heteroatoms. The van der Waals surface area contributed by atoms with Crippen LogP contribution in [0.25, 0.3) is 0 Å². The number of piperidine rings is 2. The van der Waals surface area contributed by atoms with Gasteiger partial charge in [0, 0.05) is 39.6 Å². The zero-order valence-electron chi connectivity index (χ0n) is 15.3. The van der Waals surface area contributed by atoms with Gasteiger partial charge in [-0.05, 0) is 32.2 Å². The molecule has 3 heterocycles. The van der Waals surface area contributed by atoms with Gasteiger partial charge >= 0.3 is 0 Å². The van der Waals surface area contributed by atoms with E-state index in [2.05, 4.69) is 29.9 Å². The fourth-order valence-corrected chi connectivity index (χ4v) is 3.84. The van der Waals surface area contributed by atoms with Crippen LogP contribution in [0.3, 0.4) is 0 Å². The van der Waals surface area contributed by atoms with Crippen LogP contribution in [-0.4, -0.2) is 81.5 Å². The Morgan fingerprint density at radius 3 is 2.68 bits per heavy atom. The molecule has 0 saturated carbocycles. The summed E-state index contributed by atoms with van der Waals surface area (Å²) in [5.41, 5.74) is 0. The number of hydrogen-bond donors (Lipinski definition) is 2. The summed E-state index contributed by atoms with van der Waals surface area (Å²) in [4.78, 5) is 16.2. The number of amides is 1. The first kappa shape index (κ1) is 18.3. The molecule has 0 aliphatic carbocycles. The molecule has 3 rings (SSSR count). The topological polar surface area (TPSA) is 86.5 Å². The lowest BCUT2D eigenvalue weighted by molar-refractivity contribution is -0.122. The lowest BCUT2D eigenvalue weighted by Gasteiger charge is -2.31. The summed E-state index contributed by atoms with van der Waals surface area (Å²) >= 11 is 0.